The molecule has 1 aromatic carbocycles. The SMILES string of the molecule is CCOc1cccc(CNCc2cc(Br)cs2)c1. The van der Waals surface area contributed by atoms with Crippen molar-refractivity contribution in [2.75, 3.05) is 6.61 Å². The monoisotopic (exact) mass is 325 g/mol. The molecule has 1 aromatic heterocycles. The Morgan fingerprint density at radius 2 is 2.17 bits per heavy atom. The molecule has 0 aliphatic rings. The second kappa shape index (κ2) is 6.92. The molecule has 0 unspecified atom stereocenters. The number of hydrogen-bond acceptors (Lipinski definition) is 3. The summed E-state index contributed by atoms with van der Waals surface area (Å²) < 4.78 is 6.64. The average Bonchev–Trinajstić information content (AvgIpc) is 2.76. The van der Waals surface area contributed by atoms with Gasteiger partial charge in [0.15, 0.2) is 0 Å². The number of halogens is 1. The van der Waals surface area contributed by atoms with Crippen molar-refractivity contribution in [3.8, 4) is 5.75 Å². The Hall–Kier alpha value is -0.840. The van der Waals surface area contributed by atoms with Crippen LogP contribution in [0.4, 0.5) is 0 Å². The van der Waals surface area contributed by atoms with E-state index in [9.17, 15) is 0 Å². The lowest BCUT2D eigenvalue weighted by Gasteiger charge is -2.07. The van der Waals surface area contributed by atoms with Gasteiger partial charge in [-0.3, -0.25) is 0 Å². The van der Waals surface area contributed by atoms with E-state index in [2.05, 4.69) is 44.8 Å². The summed E-state index contributed by atoms with van der Waals surface area (Å²) in [5, 5.41) is 5.54. The first-order chi connectivity index (χ1) is 8.78. The summed E-state index contributed by atoms with van der Waals surface area (Å²) in [5.41, 5.74) is 1.25. The first-order valence-electron chi connectivity index (χ1n) is 5.93. The van der Waals surface area contributed by atoms with Crippen LogP contribution in [0, 0.1) is 0 Å². The fraction of sp³-hybridized carbons (Fsp3) is 0.286. The largest absolute Gasteiger partial charge is 0.494 e. The van der Waals surface area contributed by atoms with Gasteiger partial charge in [0.05, 0.1) is 6.61 Å². The molecule has 0 atom stereocenters. The number of ether oxygens (including phenoxy) is 1. The van der Waals surface area contributed by atoms with Crippen LogP contribution < -0.4 is 10.1 Å². The van der Waals surface area contributed by atoms with Crippen LogP contribution in [0.15, 0.2) is 40.2 Å². The zero-order valence-corrected chi connectivity index (χ0v) is 12.7. The second-order valence-electron chi connectivity index (χ2n) is 3.92. The predicted octanol–water partition coefficient (Wildman–Crippen LogP) is 4.20. The molecule has 0 aliphatic carbocycles. The highest BCUT2D eigenvalue weighted by Crippen LogP contribution is 2.19. The Bertz CT molecular complexity index is 498. The Labute approximate surface area is 120 Å². The molecule has 0 radical (unpaired) electrons. The maximum Gasteiger partial charge on any atom is 0.119 e. The molecule has 0 saturated carbocycles. The molecule has 0 aliphatic heterocycles. The third kappa shape index (κ3) is 4.12. The average molecular weight is 326 g/mol. The van der Waals surface area contributed by atoms with E-state index in [0.717, 1.165) is 23.3 Å². The Morgan fingerprint density at radius 3 is 2.89 bits per heavy atom. The van der Waals surface area contributed by atoms with Crippen LogP contribution >= 0.6 is 27.3 Å². The Morgan fingerprint density at radius 1 is 1.28 bits per heavy atom. The van der Waals surface area contributed by atoms with Gasteiger partial charge < -0.3 is 10.1 Å². The maximum atomic E-state index is 5.48. The molecule has 2 nitrogen and oxygen atoms in total. The minimum Gasteiger partial charge on any atom is -0.494 e. The Kier molecular flexibility index (Phi) is 5.23. The number of thiophene rings is 1. The lowest BCUT2D eigenvalue weighted by atomic mass is 10.2. The van der Waals surface area contributed by atoms with Gasteiger partial charge in [-0.1, -0.05) is 12.1 Å². The molecule has 18 heavy (non-hydrogen) atoms. The van der Waals surface area contributed by atoms with Crippen LogP contribution in [0.5, 0.6) is 5.75 Å². The molecule has 0 spiro atoms. The van der Waals surface area contributed by atoms with E-state index in [1.807, 2.05) is 19.1 Å². The lowest BCUT2D eigenvalue weighted by molar-refractivity contribution is 0.340. The van der Waals surface area contributed by atoms with Crippen molar-refractivity contribution in [1.82, 2.24) is 5.32 Å². The normalized spacial score (nSPS) is 10.6. The molecule has 4 heteroatoms. The van der Waals surface area contributed by atoms with Crippen molar-refractivity contribution < 1.29 is 4.74 Å². The van der Waals surface area contributed by atoms with E-state index in [0.29, 0.717) is 6.61 Å². The zero-order chi connectivity index (χ0) is 12.8. The molecule has 0 fully saturated rings. The van der Waals surface area contributed by atoms with Crippen molar-refractivity contribution in [2.24, 2.45) is 0 Å². The van der Waals surface area contributed by atoms with Crippen LogP contribution in [-0.4, -0.2) is 6.61 Å². The third-order valence-electron chi connectivity index (χ3n) is 2.46. The van der Waals surface area contributed by atoms with Crippen LogP contribution in [0.25, 0.3) is 0 Å². The summed E-state index contributed by atoms with van der Waals surface area (Å²) in [7, 11) is 0. The second-order valence-corrected chi connectivity index (χ2v) is 5.83. The van der Waals surface area contributed by atoms with Crippen molar-refractivity contribution in [3.63, 3.8) is 0 Å². The van der Waals surface area contributed by atoms with Crippen LogP contribution in [0.3, 0.4) is 0 Å². The molecule has 1 N–H and O–H groups in total. The van der Waals surface area contributed by atoms with Crippen molar-refractivity contribution in [1.29, 1.82) is 0 Å². The van der Waals surface area contributed by atoms with Gasteiger partial charge in [-0.05, 0) is 46.6 Å². The van der Waals surface area contributed by atoms with Gasteiger partial charge >= 0.3 is 0 Å². The number of benzene rings is 1. The minimum absolute atomic E-state index is 0.708. The molecule has 96 valence electrons. The summed E-state index contributed by atoms with van der Waals surface area (Å²) in [6.07, 6.45) is 0. The summed E-state index contributed by atoms with van der Waals surface area (Å²) >= 11 is 5.22. The van der Waals surface area contributed by atoms with Crippen LogP contribution in [-0.2, 0) is 13.1 Å². The van der Waals surface area contributed by atoms with Crippen molar-refractivity contribution >= 4 is 27.3 Å². The van der Waals surface area contributed by atoms with E-state index >= 15 is 0 Å². The van der Waals surface area contributed by atoms with E-state index in [4.69, 9.17) is 4.74 Å². The van der Waals surface area contributed by atoms with Gasteiger partial charge in [-0.15, -0.1) is 11.3 Å². The summed E-state index contributed by atoms with van der Waals surface area (Å²) in [5.74, 6) is 0.940. The van der Waals surface area contributed by atoms with Gasteiger partial charge in [0, 0.05) is 27.8 Å². The van der Waals surface area contributed by atoms with E-state index in [1.54, 1.807) is 11.3 Å². The highest BCUT2D eigenvalue weighted by Gasteiger charge is 1.99. The van der Waals surface area contributed by atoms with E-state index in [1.165, 1.54) is 10.4 Å². The van der Waals surface area contributed by atoms with Gasteiger partial charge in [-0.25, -0.2) is 0 Å². The van der Waals surface area contributed by atoms with Crippen LogP contribution in [0.2, 0.25) is 0 Å². The summed E-state index contributed by atoms with van der Waals surface area (Å²) in [4.78, 5) is 1.34. The molecule has 1 heterocycles. The van der Waals surface area contributed by atoms with Gasteiger partial charge in [-0.2, -0.15) is 0 Å². The fourth-order valence-corrected chi connectivity index (χ4v) is 3.11. The van der Waals surface area contributed by atoms with Gasteiger partial charge in [0.1, 0.15) is 5.75 Å². The lowest BCUT2D eigenvalue weighted by Crippen LogP contribution is -2.11. The van der Waals surface area contributed by atoms with Gasteiger partial charge in [0.25, 0.3) is 0 Å². The molecule has 0 saturated heterocycles. The van der Waals surface area contributed by atoms with E-state index < -0.39 is 0 Å². The quantitative estimate of drug-likeness (QED) is 0.859. The Balaban J connectivity index is 1.84. The van der Waals surface area contributed by atoms with E-state index in [-0.39, 0.29) is 0 Å². The highest BCUT2D eigenvalue weighted by atomic mass is 79.9. The van der Waals surface area contributed by atoms with Crippen molar-refractivity contribution in [3.05, 3.63) is 50.6 Å². The maximum absolute atomic E-state index is 5.48. The summed E-state index contributed by atoms with van der Waals surface area (Å²) in [6.45, 7) is 4.46. The number of rotatable bonds is 6. The molecule has 2 rings (SSSR count). The standard InChI is InChI=1S/C14H16BrNOS/c1-2-17-13-5-3-4-11(6-13)8-16-9-14-7-12(15)10-18-14/h3-7,10,16H,2,8-9H2,1H3. The zero-order valence-electron chi connectivity index (χ0n) is 10.3. The number of nitrogens with one attached hydrogen (secondary N) is 1. The predicted molar refractivity (Wildman–Crippen MR) is 80.2 cm³/mol. The molecule has 0 bridgehead atoms. The molecule has 0 amide bonds. The minimum atomic E-state index is 0.708. The first-order valence-corrected chi connectivity index (χ1v) is 7.60. The van der Waals surface area contributed by atoms with Crippen LogP contribution in [0.1, 0.15) is 17.4 Å². The highest BCUT2D eigenvalue weighted by molar-refractivity contribution is 9.10. The first kappa shape index (κ1) is 13.6. The number of hydrogen-bond donors (Lipinski definition) is 1. The molecular weight excluding hydrogens is 310 g/mol. The summed E-state index contributed by atoms with van der Waals surface area (Å²) in [6, 6.07) is 10.4. The van der Waals surface area contributed by atoms with Crippen molar-refractivity contribution in [2.45, 2.75) is 20.0 Å². The topological polar surface area (TPSA) is 21.3 Å². The smallest absolute Gasteiger partial charge is 0.119 e. The van der Waals surface area contributed by atoms with Gasteiger partial charge in [0.2, 0.25) is 0 Å². The third-order valence-corrected chi connectivity index (χ3v) is 4.16. The molecule has 2 aromatic rings. The molecular formula is C14H16BrNOS. The fourth-order valence-electron chi connectivity index (χ4n) is 1.69.